The molecule has 0 bridgehead atoms. The first-order chi connectivity index (χ1) is 39.2. The van der Waals surface area contributed by atoms with Crippen LogP contribution in [0.15, 0.2) is 127 Å². The Morgan fingerprint density at radius 3 is 0.988 bits per heavy atom. The molecule has 0 amide bonds. The molecule has 6 aromatic heterocycles. The maximum Gasteiger partial charge on any atom is 0.163 e. The quantitative estimate of drug-likeness (QED) is 0.139. The molecule has 0 spiro atoms. The summed E-state index contributed by atoms with van der Waals surface area (Å²) in [7, 11) is 0. The van der Waals surface area contributed by atoms with Crippen LogP contribution in [-0.2, 0) is 0 Å². The lowest BCUT2D eigenvalue weighted by Gasteiger charge is -2.23. The van der Waals surface area contributed by atoms with E-state index in [2.05, 4.69) is 102 Å². The summed E-state index contributed by atoms with van der Waals surface area (Å²) in [4.78, 5) is 56.1. The first kappa shape index (κ1) is 49.7. The normalized spacial score (nSPS) is 11.5. The minimum Gasteiger partial charge on any atom is -0.309 e. The highest BCUT2D eigenvalue weighted by Gasteiger charge is 2.28. The van der Waals surface area contributed by atoms with Crippen LogP contribution < -0.4 is 0 Å². The monoisotopic (exact) mass is 1050 g/mol. The zero-order valence-electron chi connectivity index (χ0n) is 45.8. The van der Waals surface area contributed by atoms with E-state index in [-0.39, 0.29) is 0 Å². The SMILES string of the molecule is Cc1ccc(-c2cccc(-n3c4ccc(-c5nc(C)nc(C)n5)cc4c4cc(-c5nc(C)nc(C)n5)ccc43)c2-c2c(C#N)cccc2-n2c3ccc(-c4nc(C)nc(C)n4)cc3c3cc(-c4nc(C)nc(C)n4)ccc32)c(C#N)c1. The molecule has 16 heteroatoms. The molecular formula is C65H48N16. The molecule has 81 heavy (non-hydrogen) atoms. The smallest absolute Gasteiger partial charge is 0.163 e. The molecule has 13 rings (SSSR count). The largest absolute Gasteiger partial charge is 0.309 e. The van der Waals surface area contributed by atoms with Crippen molar-refractivity contribution in [2.75, 3.05) is 0 Å². The number of hydrogen-bond acceptors (Lipinski definition) is 14. The highest BCUT2D eigenvalue weighted by Crippen LogP contribution is 2.48. The van der Waals surface area contributed by atoms with Crippen molar-refractivity contribution in [3.05, 3.63) is 191 Å². The van der Waals surface area contributed by atoms with E-state index in [1.165, 1.54) is 0 Å². The minimum atomic E-state index is 0.425. The number of benzene rings is 7. The molecule has 0 aliphatic rings. The Bertz CT molecular complexity index is 4620. The van der Waals surface area contributed by atoms with Gasteiger partial charge in [0.1, 0.15) is 46.6 Å². The second-order valence-corrected chi connectivity index (χ2v) is 20.3. The summed E-state index contributed by atoms with van der Waals surface area (Å²) in [6, 6.07) is 48.1. The lowest BCUT2D eigenvalue weighted by Crippen LogP contribution is -2.05. The summed E-state index contributed by atoms with van der Waals surface area (Å²) in [5, 5.41) is 26.2. The van der Waals surface area contributed by atoms with Crippen LogP contribution in [-0.4, -0.2) is 68.9 Å². The molecule has 0 saturated carbocycles. The summed E-state index contributed by atoms with van der Waals surface area (Å²) >= 11 is 0. The number of hydrogen-bond donors (Lipinski definition) is 0. The van der Waals surface area contributed by atoms with Crippen LogP contribution in [0.3, 0.4) is 0 Å². The van der Waals surface area contributed by atoms with Crippen LogP contribution in [0.25, 0.3) is 123 Å². The van der Waals surface area contributed by atoms with Gasteiger partial charge in [-0.25, -0.2) is 59.8 Å². The van der Waals surface area contributed by atoms with Crippen molar-refractivity contribution in [1.82, 2.24) is 68.9 Å². The van der Waals surface area contributed by atoms with Crippen molar-refractivity contribution in [3.63, 3.8) is 0 Å². The average molecular weight is 1050 g/mol. The average Bonchev–Trinajstić information content (AvgIpc) is 4.02. The fourth-order valence-electron chi connectivity index (χ4n) is 11.4. The third kappa shape index (κ3) is 8.63. The number of rotatable bonds is 8. The molecule has 0 N–H and O–H groups in total. The van der Waals surface area contributed by atoms with E-state index < -0.39 is 0 Å². The van der Waals surface area contributed by atoms with E-state index in [1.54, 1.807) is 0 Å². The molecule has 388 valence electrons. The van der Waals surface area contributed by atoms with Crippen molar-refractivity contribution in [1.29, 1.82) is 10.5 Å². The van der Waals surface area contributed by atoms with E-state index >= 15 is 0 Å². The van der Waals surface area contributed by atoms with Gasteiger partial charge in [-0.1, -0.05) is 30.3 Å². The summed E-state index contributed by atoms with van der Waals surface area (Å²) in [5.41, 5.74) is 13.0. The van der Waals surface area contributed by atoms with Crippen LogP contribution >= 0.6 is 0 Å². The van der Waals surface area contributed by atoms with E-state index in [1.807, 2.05) is 129 Å². The molecule has 0 atom stereocenters. The molecule has 0 fully saturated rings. The van der Waals surface area contributed by atoms with Crippen LogP contribution in [0, 0.1) is 85.0 Å². The Kier molecular flexibility index (Phi) is 11.8. The van der Waals surface area contributed by atoms with Gasteiger partial charge in [-0.2, -0.15) is 10.5 Å². The molecule has 7 aromatic carbocycles. The minimum absolute atomic E-state index is 0.425. The molecule has 0 radical (unpaired) electrons. The standard InChI is InChI=1S/C65H48N16/c1-33-16-21-48(47(26-33)32-67)49-13-11-15-59(81-56-24-19-44(64-76-38(6)70-39(7)77-64)29-52(56)53-30-45(20-25-57(53)81)65-78-40(8)71-41(9)79-65)61(49)60-46(31-66)12-10-14-58(60)80-54-22-17-42(62-72-34(2)68-35(3)73-62)27-50(54)51-28-43(18-23-55(51)80)63-74-36(4)69-37(5)75-63/h10-30H,1-9H3. The summed E-state index contributed by atoms with van der Waals surface area (Å²) in [6.07, 6.45) is 0. The predicted octanol–water partition coefficient (Wildman–Crippen LogP) is 13.1. The van der Waals surface area contributed by atoms with Crippen molar-refractivity contribution in [2.24, 2.45) is 0 Å². The fraction of sp³-hybridized carbons (Fsp3) is 0.138. The fourth-order valence-corrected chi connectivity index (χ4v) is 11.4. The van der Waals surface area contributed by atoms with E-state index in [4.69, 9.17) is 39.9 Å². The molecule has 6 heterocycles. The Balaban J connectivity index is 1.15. The number of fused-ring (bicyclic) bond motifs is 6. The van der Waals surface area contributed by atoms with Crippen molar-refractivity contribution in [3.8, 4) is 91.3 Å². The Labute approximate surface area is 465 Å². The van der Waals surface area contributed by atoms with Gasteiger partial charge in [-0.05, 0) is 171 Å². The van der Waals surface area contributed by atoms with Crippen LogP contribution in [0.1, 0.15) is 63.3 Å². The number of aromatic nitrogens is 14. The molecule has 0 aliphatic heterocycles. The van der Waals surface area contributed by atoms with Gasteiger partial charge in [0.25, 0.3) is 0 Å². The zero-order valence-corrected chi connectivity index (χ0v) is 45.8. The highest BCUT2D eigenvalue weighted by molar-refractivity contribution is 6.14. The van der Waals surface area contributed by atoms with Gasteiger partial charge in [-0.15, -0.1) is 0 Å². The second-order valence-electron chi connectivity index (χ2n) is 20.3. The van der Waals surface area contributed by atoms with Crippen LogP contribution in [0.2, 0.25) is 0 Å². The maximum absolute atomic E-state index is 11.6. The van der Waals surface area contributed by atoms with Gasteiger partial charge in [0.2, 0.25) is 0 Å². The first-order valence-corrected chi connectivity index (χ1v) is 26.3. The summed E-state index contributed by atoms with van der Waals surface area (Å²) < 4.78 is 4.48. The Morgan fingerprint density at radius 1 is 0.309 bits per heavy atom. The van der Waals surface area contributed by atoms with Gasteiger partial charge in [-0.3, -0.25) is 0 Å². The molecule has 16 nitrogen and oxygen atoms in total. The summed E-state index contributed by atoms with van der Waals surface area (Å²) in [5.74, 6) is 7.19. The first-order valence-electron chi connectivity index (χ1n) is 26.3. The predicted molar refractivity (Wildman–Crippen MR) is 313 cm³/mol. The molecule has 0 saturated heterocycles. The van der Waals surface area contributed by atoms with Crippen molar-refractivity contribution < 1.29 is 0 Å². The zero-order chi connectivity index (χ0) is 56.0. The van der Waals surface area contributed by atoms with E-state index in [0.717, 1.165) is 93.9 Å². The third-order valence-electron chi connectivity index (χ3n) is 14.5. The van der Waals surface area contributed by atoms with Gasteiger partial charge in [0, 0.05) is 60.5 Å². The van der Waals surface area contributed by atoms with E-state index in [9.17, 15) is 10.5 Å². The second kappa shape index (κ2) is 19.3. The van der Waals surface area contributed by atoms with Gasteiger partial charge < -0.3 is 9.13 Å². The van der Waals surface area contributed by atoms with Crippen LogP contribution in [0.4, 0.5) is 0 Å². The molecule has 0 unspecified atom stereocenters. The molecule has 0 aliphatic carbocycles. The lowest BCUT2D eigenvalue weighted by atomic mass is 9.87. The van der Waals surface area contributed by atoms with Gasteiger partial charge in [0.05, 0.1) is 56.7 Å². The highest BCUT2D eigenvalue weighted by atomic mass is 15.1. The van der Waals surface area contributed by atoms with E-state index in [0.29, 0.717) is 92.1 Å². The topological polar surface area (TPSA) is 212 Å². The van der Waals surface area contributed by atoms with Crippen molar-refractivity contribution >= 4 is 43.6 Å². The molecule has 13 aromatic rings. The maximum atomic E-state index is 11.6. The Morgan fingerprint density at radius 2 is 0.642 bits per heavy atom. The van der Waals surface area contributed by atoms with Crippen molar-refractivity contribution in [2.45, 2.75) is 62.3 Å². The summed E-state index contributed by atoms with van der Waals surface area (Å²) in [6.45, 7) is 16.9. The lowest BCUT2D eigenvalue weighted by molar-refractivity contribution is 0.928. The molecular weight excluding hydrogens is 1000 g/mol. The number of aryl methyl sites for hydroxylation is 9. The third-order valence-corrected chi connectivity index (χ3v) is 14.5. The van der Waals surface area contributed by atoms with Gasteiger partial charge >= 0.3 is 0 Å². The van der Waals surface area contributed by atoms with Crippen LogP contribution in [0.5, 0.6) is 0 Å². The van der Waals surface area contributed by atoms with Gasteiger partial charge in [0.15, 0.2) is 23.3 Å². The Hall–Kier alpha value is -10.8. The number of nitriles is 2. The number of nitrogens with zero attached hydrogens (tertiary/aromatic N) is 16.